The summed E-state index contributed by atoms with van der Waals surface area (Å²) in [4.78, 5) is 16.7. The summed E-state index contributed by atoms with van der Waals surface area (Å²) < 4.78 is 14.5. The largest absolute Gasteiger partial charge is 0.524 e. The first kappa shape index (κ1) is 8.27. The zero-order valence-corrected chi connectivity index (χ0v) is 6.44. The molecule has 0 aliphatic heterocycles. The molecule has 0 aromatic heterocycles. The minimum Gasteiger partial charge on any atom is -0.404 e. The third kappa shape index (κ3) is 3.18. The Morgan fingerprint density at radius 1 is 1.18 bits per heavy atom. The molecular formula is C6H7O4P. The van der Waals surface area contributed by atoms with Crippen LogP contribution in [0.5, 0.6) is 5.75 Å². The Hall–Kier alpha value is -0.830. The van der Waals surface area contributed by atoms with E-state index in [-0.39, 0.29) is 5.75 Å². The molecule has 0 fully saturated rings. The molecule has 1 rings (SSSR count). The van der Waals surface area contributed by atoms with E-state index in [4.69, 9.17) is 9.79 Å². The summed E-state index contributed by atoms with van der Waals surface area (Å²) in [6, 6.07) is 7.93. The lowest BCUT2D eigenvalue weighted by molar-refractivity contribution is 0.283. The highest BCUT2D eigenvalue weighted by molar-refractivity contribution is 7.46. The van der Waals surface area contributed by atoms with Gasteiger partial charge in [-0.3, -0.25) is 9.79 Å². The van der Waals surface area contributed by atoms with Crippen molar-refractivity contribution in [1.29, 1.82) is 0 Å². The molecule has 1 aromatic rings. The topological polar surface area (TPSA) is 66.8 Å². The first-order valence-electron chi connectivity index (χ1n) is 2.88. The second-order valence-electron chi connectivity index (χ2n) is 1.89. The van der Waals surface area contributed by atoms with Gasteiger partial charge >= 0.3 is 7.82 Å². The normalized spacial score (nSPS) is 11.1. The van der Waals surface area contributed by atoms with Gasteiger partial charge in [0.1, 0.15) is 5.75 Å². The van der Waals surface area contributed by atoms with Crippen molar-refractivity contribution in [3.63, 3.8) is 0 Å². The van der Waals surface area contributed by atoms with Crippen LogP contribution in [0.25, 0.3) is 0 Å². The third-order valence-corrected chi connectivity index (χ3v) is 1.42. The molecule has 0 atom stereocenters. The Kier molecular flexibility index (Phi) is 2.29. The van der Waals surface area contributed by atoms with Crippen LogP contribution in [0.2, 0.25) is 0 Å². The van der Waals surface area contributed by atoms with Gasteiger partial charge in [-0.15, -0.1) is 0 Å². The first-order chi connectivity index (χ1) is 5.08. The van der Waals surface area contributed by atoms with E-state index >= 15 is 0 Å². The molecular weight excluding hydrogens is 173 g/mol. The van der Waals surface area contributed by atoms with Crippen molar-refractivity contribution in [1.82, 2.24) is 0 Å². The smallest absolute Gasteiger partial charge is 0.404 e. The minimum absolute atomic E-state index is 0.167. The lowest BCUT2D eigenvalue weighted by Crippen LogP contribution is -1.88. The molecule has 0 saturated carbocycles. The third-order valence-electron chi connectivity index (χ3n) is 0.968. The molecule has 0 aliphatic carbocycles. The number of phosphoric ester groups is 1. The predicted molar refractivity (Wildman–Crippen MR) is 39.1 cm³/mol. The van der Waals surface area contributed by atoms with Gasteiger partial charge in [0.05, 0.1) is 0 Å². The van der Waals surface area contributed by atoms with Crippen molar-refractivity contribution in [2.75, 3.05) is 0 Å². The highest BCUT2D eigenvalue weighted by atomic mass is 31.2. The fourth-order valence-electron chi connectivity index (χ4n) is 0.619. The number of rotatable bonds is 2. The Balaban J connectivity index is 2.74. The van der Waals surface area contributed by atoms with E-state index in [2.05, 4.69) is 4.52 Å². The van der Waals surface area contributed by atoms with E-state index in [1.165, 1.54) is 12.1 Å². The van der Waals surface area contributed by atoms with E-state index in [0.717, 1.165) is 0 Å². The summed E-state index contributed by atoms with van der Waals surface area (Å²) in [5.41, 5.74) is 0. The van der Waals surface area contributed by atoms with Crippen LogP contribution in [0.15, 0.2) is 30.3 Å². The Bertz CT molecular complexity index is 265. The van der Waals surface area contributed by atoms with E-state index < -0.39 is 7.82 Å². The second-order valence-corrected chi connectivity index (χ2v) is 3.06. The van der Waals surface area contributed by atoms with Crippen molar-refractivity contribution in [2.45, 2.75) is 0 Å². The maximum Gasteiger partial charge on any atom is 0.524 e. The average Bonchev–Trinajstić information content (AvgIpc) is 1.85. The van der Waals surface area contributed by atoms with Crippen molar-refractivity contribution in [2.24, 2.45) is 0 Å². The van der Waals surface area contributed by atoms with Crippen LogP contribution in [0, 0.1) is 0 Å². The number of benzene rings is 1. The molecule has 0 bridgehead atoms. The molecule has 0 radical (unpaired) electrons. The van der Waals surface area contributed by atoms with Crippen LogP contribution in [0.4, 0.5) is 0 Å². The summed E-state index contributed by atoms with van der Waals surface area (Å²) in [5, 5.41) is 0. The van der Waals surface area contributed by atoms with Crippen LogP contribution in [0.3, 0.4) is 0 Å². The maximum absolute atomic E-state index is 10.3. The fraction of sp³-hybridized carbons (Fsp3) is 0. The molecule has 4 nitrogen and oxygen atoms in total. The number of hydrogen-bond donors (Lipinski definition) is 2. The van der Waals surface area contributed by atoms with Crippen LogP contribution >= 0.6 is 7.82 Å². The lowest BCUT2D eigenvalue weighted by Gasteiger charge is -2.04. The van der Waals surface area contributed by atoms with E-state index in [9.17, 15) is 4.57 Å². The van der Waals surface area contributed by atoms with Crippen molar-refractivity contribution in [3.05, 3.63) is 30.3 Å². The molecule has 2 N–H and O–H groups in total. The fourth-order valence-corrected chi connectivity index (χ4v) is 1.02. The van der Waals surface area contributed by atoms with Crippen molar-refractivity contribution in [3.8, 4) is 5.75 Å². The van der Waals surface area contributed by atoms with E-state index in [1.807, 2.05) is 0 Å². The molecule has 0 aliphatic rings. The van der Waals surface area contributed by atoms with Crippen LogP contribution < -0.4 is 4.52 Å². The second kappa shape index (κ2) is 3.05. The molecule has 11 heavy (non-hydrogen) atoms. The zero-order valence-electron chi connectivity index (χ0n) is 5.54. The first-order valence-corrected chi connectivity index (χ1v) is 4.41. The highest BCUT2D eigenvalue weighted by Crippen LogP contribution is 2.36. The maximum atomic E-state index is 10.3. The van der Waals surface area contributed by atoms with Crippen molar-refractivity contribution >= 4 is 7.82 Å². The van der Waals surface area contributed by atoms with Gasteiger partial charge in [-0.2, -0.15) is 0 Å². The SMILES string of the molecule is [18O]=P([18OH])([18OH])Oc1ccccc1. The summed E-state index contributed by atoms with van der Waals surface area (Å²) in [6.07, 6.45) is 0. The molecule has 0 heterocycles. The van der Waals surface area contributed by atoms with Gasteiger partial charge in [0.2, 0.25) is 0 Å². The van der Waals surface area contributed by atoms with Crippen LogP contribution in [0.1, 0.15) is 0 Å². The zero-order chi connectivity index (χ0) is 8.32. The quantitative estimate of drug-likeness (QED) is 0.529. The standard InChI is InChI=1S/C6H7O4P/c7-11(8,9)10-6-4-2-1-3-5-6/h1-5H,(H2,7,8,9)/i7+2,8+2,9+2. The molecule has 0 unspecified atom stereocenters. The van der Waals surface area contributed by atoms with Gasteiger partial charge < -0.3 is 4.52 Å². The van der Waals surface area contributed by atoms with E-state index in [0.29, 0.717) is 0 Å². The Labute approximate surface area is 63.7 Å². The summed E-state index contributed by atoms with van der Waals surface area (Å²) in [6.45, 7) is 0. The van der Waals surface area contributed by atoms with Gasteiger partial charge in [-0.1, -0.05) is 18.2 Å². The monoisotopic (exact) mass is 180 g/mol. The summed E-state index contributed by atoms with van der Waals surface area (Å²) in [7, 11) is -4.39. The average molecular weight is 180 g/mol. The summed E-state index contributed by atoms with van der Waals surface area (Å²) in [5.74, 6) is 0.167. The van der Waals surface area contributed by atoms with E-state index in [1.54, 1.807) is 18.2 Å². The number of hydrogen-bond acceptors (Lipinski definition) is 2. The Morgan fingerprint density at radius 3 is 2.18 bits per heavy atom. The predicted octanol–water partition coefficient (Wildman–Crippen LogP) is 1.16. The molecule has 0 amide bonds. The molecule has 0 saturated heterocycles. The lowest BCUT2D eigenvalue weighted by atomic mass is 10.3. The summed E-state index contributed by atoms with van der Waals surface area (Å²) >= 11 is 0. The molecule has 60 valence electrons. The van der Waals surface area contributed by atoms with Crippen molar-refractivity contribution < 1.29 is 18.9 Å². The number of para-hydroxylation sites is 1. The number of phosphoric acid groups is 1. The van der Waals surface area contributed by atoms with Crippen LogP contribution in [-0.4, -0.2) is 9.79 Å². The highest BCUT2D eigenvalue weighted by Gasteiger charge is 2.14. The van der Waals surface area contributed by atoms with Gasteiger partial charge in [-0.25, -0.2) is 4.57 Å². The van der Waals surface area contributed by atoms with Gasteiger partial charge in [0.25, 0.3) is 0 Å². The van der Waals surface area contributed by atoms with Gasteiger partial charge in [-0.05, 0) is 12.1 Å². The molecule has 0 spiro atoms. The molecule has 1 aromatic carbocycles. The Morgan fingerprint density at radius 2 is 1.73 bits per heavy atom. The molecule has 5 heteroatoms. The minimum atomic E-state index is -4.39. The van der Waals surface area contributed by atoms with Gasteiger partial charge in [0.15, 0.2) is 0 Å². The van der Waals surface area contributed by atoms with Gasteiger partial charge in [0, 0.05) is 0 Å². The van der Waals surface area contributed by atoms with Crippen LogP contribution in [-0.2, 0) is 4.57 Å².